The second-order valence-electron chi connectivity index (χ2n) is 8.57. The predicted molar refractivity (Wildman–Crippen MR) is 128 cm³/mol. The highest BCUT2D eigenvalue weighted by molar-refractivity contribution is 7.91. The normalized spacial score (nSPS) is 12.3. The van der Waals surface area contributed by atoms with E-state index in [1.54, 1.807) is 0 Å². The zero-order chi connectivity index (χ0) is 23.0. The van der Waals surface area contributed by atoms with Crippen molar-refractivity contribution < 1.29 is 21.4 Å². The third-order valence-corrected chi connectivity index (χ3v) is 8.43. The standard InChI is InChI=1S/C24H42O5S2/c1-2-3-4-5-6-7-8-9-10-11-12-13-14-15-16-17-22-30(25,26)23-18-20-24(21-19-23)31(27,28)29/h18-21H,2-17,22H2,1H3,(H,27,28,29). The van der Waals surface area contributed by atoms with Gasteiger partial charge in [0.15, 0.2) is 9.84 Å². The molecular weight excluding hydrogens is 432 g/mol. The Morgan fingerprint density at radius 2 is 0.871 bits per heavy atom. The third-order valence-electron chi connectivity index (χ3n) is 5.75. The summed E-state index contributed by atoms with van der Waals surface area (Å²) in [7, 11) is -7.72. The summed E-state index contributed by atoms with van der Waals surface area (Å²) in [5.41, 5.74) is 0. The molecule has 31 heavy (non-hydrogen) atoms. The van der Waals surface area contributed by atoms with Crippen molar-refractivity contribution in [3.8, 4) is 0 Å². The average molecular weight is 475 g/mol. The Hall–Kier alpha value is -0.920. The number of hydrogen-bond donors (Lipinski definition) is 1. The minimum Gasteiger partial charge on any atom is -0.282 e. The first-order chi connectivity index (χ1) is 14.8. The summed E-state index contributed by atoms with van der Waals surface area (Å²) in [4.78, 5) is -0.199. The summed E-state index contributed by atoms with van der Waals surface area (Å²) in [6, 6.07) is 4.72. The zero-order valence-electron chi connectivity index (χ0n) is 19.2. The number of hydrogen-bond acceptors (Lipinski definition) is 4. The summed E-state index contributed by atoms with van der Waals surface area (Å²) in [5.74, 6) is 0.0661. The Labute approximate surface area is 190 Å². The van der Waals surface area contributed by atoms with E-state index in [2.05, 4.69) is 6.92 Å². The number of rotatable bonds is 19. The molecule has 5 nitrogen and oxygen atoms in total. The SMILES string of the molecule is CCCCCCCCCCCCCCCCCCS(=O)(=O)c1ccc(S(=O)(=O)O)cc1. The van der Waals surface area contributed by atoms with Crippen LogP contribution in [0.1, 0.15) is 110 Å². The molecule has 1 aromatic rings. The van der Waals surface area contributed by atoms with Crippen LogP contribution in [0, 0.1) is 0 Å². The number of unbranched alkanes of at least 4 members (excludes halogenated alkanes) is 15. The van der Waals surface area contributed by atoms with Crippen LogP contribution in [0.15, 0.2) is 34.1 Å². The molecule has 0 fully saturated rings. The molecule has 0 aliphatic carbocycles. The molecule has 0 amide bonds. The molecule has 0 atom stereocenters. The van der Waals surface area contributed by atoms with Gasteiger partial charge in [0.05, 0.1) is 15.5 Å². The van der Waals surface area contributed by atoms with Crippen molar-refractivity contribution in [3.63, 3.8) is 0 Å². The molecule has 1 aromatic carbocycles. The van der Waals surface area contributed by atoms with Crippen molar-refractivity contribution in [1.82, 2.24) is 0 Å². The lowest BCUT2D eigenvalue weighted by Gasteiger charge is -2.06. The van der Waals surface area contributed by atoms with Crippen molar-refractivity contribution >= 4 is 20.0 Å². The predicted octanol–water partition coefficient (Wildman–Crippen LogP) is 6.97. The molecule has 0 aromatic heterocycles. The minimum atomic E-state index is -4.30. The lowest BCUT2D eigenvalue weighted by atomic mass is 10.0. The fourth-order valence-electron chi connectivity index (χ4n) is 3.78. The highest BCUT2D eigenvalue weighted by atomic mass is 32.2. The summed E-state index contributed by atoms with van der Waals surface area (Å²) >= 11 is 0. The molecule has 0 saturated heterocycles. The van der Waals surface area contributed by atoms with Gasteiger partial charge in [-0.15, -0.1) is 0 Å². The Balaban J connectivity index is 2.01. The lowest BCUT2D eigenvalue weighted by Crippen LogP contribution is -2.07. The third kappa shape index (κ3) is 13.3. The van der Waals surface area contributed by atoms with Gasteiger partial charge in [-0.2, -0.15) is 8.42 Å². The fraction of sp³-hybridized carbons (Fsp3) is 0.750. The lowest BCUT2D eigenvalue weighted by molar-refractivity contribution is 0.483. The van der Waals surface area contributed by atoms with Gasteiger partial charge >= 0.3 is 0 Å². The summed E-state index contributed by atoms with van der Waals surface area (Å²) in [5, 5.41) is 0. The molecule has 1 N–H and O–H groups in total. The van der Waals surface area contributed by atoms with Crippen LogP contribution in [0.5, 0.6) is 0 Å². The Bertz CT molecular complexity index is 784. The van der Waals surface area contributed by atoms with Crippen LogP contribution >= 0.6 is 0 Å². The van der Waals surface area contributed by atoms with Crippen LogP contribution in [0.2, 0.25) is 0 Å². The molecule has 7 heteroatoms. The van der Waals surface area contributed by atoms with Crippen LogP contribution < -0.4 is 0 Å². The van der Waals surface area contributed by atoms with E-state index >= 15 is 0 Å². The monoisotopic (exact) mass is 474 g/mol. The van der Waals surface area contributed by atoms with Gasteiger partial charge in [-0.25, -0.2) is 8.42 Å². The van der Waals surface area contributed by atoms with Gasteiger partial charge in [0, 0.05) is 0 Å². The zero-order valence-corrected chi connectivity index (χ0v) is 20.9. The highest BCUT2D eigenvalue weighted by Gasteiger charge is 2.16. The Morgan fingerprint density at radius 1 is 0.548 bits per heavy atom. The van der Waals surface area contributed by atoms with E-state index in [1.165, 1.54) is 89.2 Å². The molecule has 180 valence electrons. The summed E-state index contributed by atoms with van der Waals surface area (Å²) < 4.78 is 55.7. The smallest absolute Gasteiger partial charge is 0.282 e. The van der Waals surface area contributed by atoms with E-state index in [4.69, 9.17) is 4.55 Å². The van der Waals surface area contributed by atoms with E-state index < -0.39 is 20.0 Å². The number of sulfone groups is 1. The van der Waals surface area contributed by atoms with Gasteiger partial charge in [0.2, 0.25) is 0 Å². The Morgan fingerprint density at radius 3 is 1.23 bits per heavy atom. The van der Waals surface area contributed by atoms with E-state index in [0.29, 0.717) is 6.42 Å². The largest absolute Gasteiger partial charge is 0.294 e. The Kier molecular flexibility index (Phi) is 14.3. The van der Waals surface area contributed by atoms with Gasteiger partial charge in [-0.3, -0.25) is 4.55 Å². The molecule has 0 unspecified atom stereocenters. The van der Waals surface area contributed by atoms with Gasteiger partial charge in [-0.1, -0.05) is 103 Å². The first kappa shape index (κ1) is 28.1. The molecular formula is C24H42O5S2. The van der Waals surface area contributed by atoms with E-state index in [9.17, 15) is 16.8 Å². The molecule has 0 saturated carbocycles. The molecule has 0 heterocycles. The van der Waals surface area contributed by atoms with E-state index in [0.717, 1.165) is 31.4 Å². The average Bonchev–Trinajstić information content (AvgIpc) is 2.73. The second kappa shape index (κ2) is 15.8. The molecule has 0 bridgehead atoms. The van der Waals surface area contributed by atoms with Gasteiger partial charge in [0.25, 0.3) is 10.1 Å². The van der Waals surface area contributed by atoms with Crippen LogP contribution in [0.4, 0.5) is 0 Å². The maximum absolute atomic E-state index is 12.3. The van der Waals surface area contributed by atoms with Crippen LogP contribution in [0.25, 0.3) is 0 Å². The van der Waals surface area contributed by atoms with Crippen molar-refractivity contribution in [2.45, 2.75) is 119 Å². The first-order valence-corrected chi connectivity index (χ1v) is 15.2. The second-order valence-corrected chi connectivity index (χ2v) is 12.1. The van der Waals surface area contributed by atoms with Crippen molar-refractivity contribution in [1.29, 1.82) is 0 Å². The molecule has 0 aliphatic rings. The fourth-order valence-corrected chi connectivity index (χ4v) is 5.63. The quantitative estimate of drug-likeness (QED) is 0.173. The van der Waals surface area contributed by atoms with Crippen LogP contribution in [-0.4, -0.2) is 27.1 Å². The van der Waals surface area contributed by atoms with Crippen molar-refractivity contribution in [2.24, 2.45) is 0 Å². The van der Waals surface area contributed by atoms with Crippen molar-refractivity contribution in [3.05, 3.63) is 24.3 Å². The van der Waals surface area contributed by atoms with Crippen molar-refractivity contribution in [2.75, 3.05) is 5.75 Å². The minimum absolute atomic E-state index is 0.0661. The topological polar surface area (TPSA) is 88.5 Å². The summed E-state index contributed by atoms with van der Waals surface area (Å²) in [6.07, 6.45) is 19.8. The maximum Gasteiger partial charge on any atom is 0.294 e. The van der Waals surface area contributed by atoms with Crippen LogP contribution in [0.3, 0.4) is 0 Å². The maximum atomic E-state index is 12.3. The van der Waals surface area contributed by atoms with Gasteiger partial charge < -0.3 is 0 Å². The molecule has 0 spiro atoms. The van der Waals surface area contributed by atoms with Crippen LogP contribution in [-0.2, 0) is 20.0 Å². The molecule has 0 radical (unpaired) electrons. The van der Waals surface area contributed by atoms with E-state index in [1.807, 2.05) is 0 Å². The van der Waals surface area contributed by atoms with Gasteiger partial charge in [0.1, 0.15) is 0 Å². The highest BCUT2D eigenvalue weighted by Crippen LogP contribution is 2.18. The first-order valence-electron chi connectivity index (χ1n) is 12.1. The molecule has 0 aliphatic heterocycles. The van der Waals surface area contributed by atoms with E-state index in [-0.39, 0.29) is 15.5 Å². The van der Waals surface area contributed by atoms with Gasteiger partial charge in [-0.05, 0) is 30.7 Å². The molecule has 1 rings (SSSR count). The summed E-state index contributed by atoms with van der Waals surface area (Å²) in [6.45, 7) is 2.25. The number of benzene rings is 1.